The molecule has 0 aliphatic carbocycles. The van der Waals surface area contributed by atoms with Gasteiger partial charge in [0.15, 0.2) is 0 Å². The van der Waals surface area contributed by atoms with Crippen molar-refractivity contribution in [2.75, 3.05) is 6.61 Å². The molecule has 0 saturated carbocycles. The third-order valence-electron chi connectivity index (χ3n) is 3.10. The first-order valence-electron chi connectivity index (χ1n) is 6.91. The van der Waals surface area contributed by atoms with Crippen LogP contribution in [0.1, 0.15) is 25.1 Å². The van der Waals surface area contributed by atoms with E-state index in [1.54, 1.807) is 0 Å². The van der Waals surface area contributed by atoms with Crippen molar-refractivity contribution >= 4 is 12.6 Å². The Kier molecular flexibility index (Phi) is 5.07. The summed E-state index contributed by atoms with van der Waals surface area (Å²) in [4.78, 5) is 4.67. The predicted octanol–water partition coefficient (Wildman–Crippen LogP) is 4.52. The molecule has 2 nitrogen and oxygen atoms in total. The zero-order valence-corrected chi connectivity index (χ0v) is 13.2. The van der Waals surface area contributed by atoms with Crippen molar-refractivity contribution in [3.8, 4) is 17.0 Å². The molecule has 2 rings (SSSR count). The number of pyridine rings is 1. The number of aryl methyl sites for hydroxylation is 1. The fourth-order valence-electron chi connectivity index (χ4n) is 1.97. The van der Waals surface area contributed by atoms with Gasteiger partial charge in [-0.2, -0.15) is 12.6 Å². The van der Waals surface area contributed by atoms with Crippen molar-refractivity contribution in [2.45, 2.75) is 26.5 Å². The highest BCUT2D eigenvalue weighted by Gasteiger charge is 2.09. The summed E-state index contributed by atoms with van der Waals surface area (Å²) in [5.74, 6) is 2.11. The van der Waals surface area contributed by atoms with Gasteiger partial charge in [0.1, 0.15) is 5.75 Å². The topological polar surface area (TPSA) is 22.1 Å². The molecular weight excluding hydrogens is 266 g/mol. The number of para-hydroxylation sites is 1. The monoisotopic (exact) mass is 287 g/mol. The molecule has 0 spiro atoms. The highest BCUT2D eigenvalue weighted by atomic mass is 32.1. The van der Waals surface area contributed by atoms with Crippen molar-refractivity contribution in [3.05, 3.63) is 47.7 Å². The van der Waals surface area contributed by atoms with Crippen molar-refractivity contribution in [2.24, 2.45) is 5.92 Å². The fraction of sp³-hybridized carbons (Fsp3) is 0.353. The maximum atomic E-state index is 5.89. The molecule has 0 amide bonds. The largest absolute Gasteiger partial charge is 0.493 e. The van der Waals surface area contributed by atoms with Crippen LogP contribution in [0.3, 0.4) is 0 Å². The summed E-state index contributed by atoms with van der Waals surface area (Å²) in [5.41, 5.74) is 4.18. The Labute approximate surface area is 126 Å². The average Bonchev–Trinajstić information content (AvgIpc) is 2.45. The SMILES string of the molecule is Cc1nc(-c2ccccc2OCC(C)C)ccc1CS. The highest BCUT2D eigenvalue weighted by molar-refractivity contribution is 7.79. The number of aromatic nitrogens is 1. The molecule has 2 aromatic rings. The van der Waals surface area contributed by atoms with Gasteiger partial charge >= 0.3 is 0 Å². The molecule has 0 aliphatic rings. The Morgan fingerprint density at radius 1 is 1.15 bits per heavy atom. The normalized spacial score (nSPS) is 10.8. The molecule has 0 radical (unpaired) electrons. The van der Waals surface area contributed by atoms with E-state index in [1.165, 1.54) is 0 Å². The van der Waals surface area contributed by atoms with Gasteiger partial charge in [-0.3, -0.25) is 4.98 Å². The molecule has 0 N–H and O–H groups in total. The molecule has 106 valence electrons. The standard InChI is InChI=1S/C17H21NOS/c1-12(2)10-19-17-7-5-4-6-15(17)16-9-8-14(11-20)13(3)18-16/h4-9,12,20H,10-11H2,1-3H3. The first-order chi connectivity index (χ1) is 9.61. The number of nitrogens with zero attached hydrogens (tertiary/aromatic N) is 1. The average molecular weight is 287 g/mol. The highest BCUT2D eigenvalue weighted by Crippen LogP contribution is 2.29. The summed E-state index contributed by atoms with van der Waals surface area (Å²) in [6.45, 7) is 7.02. The molecule has 3 heteroatoms. The molecule has 0 atom stereocenters. The number of hydrogen-bond donors (Lipinski definition) is 1. The molecule has 0 unspecified atom stereocenters. The molecule has 1 aromatic carbocycles. The maximum absolute atomic E-state index is 5.89. The quantitative estimate of drug-likeness (QED) is 0.817. The molecule has 20 heavy (non-hydrogen) atoms. The first kappa shape index (κ1) is 14.9. The van der Waals surface area contributed by atoms with E-state index in [-0.39, 0.29) is 0 Å². The lowest BCUT2D eigenvalue weighted by Crippen LogP contribution is -2.05. The van der Waals surface area contributed by atoms with Crippen LogP contribution < -0.4 is 4.74 Å². The molecular formula is C17H21NOS. The van der Waals surface area contributed by atoms with Crippen LogP contribution in [-0.2, 0) is 5.75 Å². The molecule has 0 saturated heterocycles. The van der Waals surface area contributed by atoms with Gasteiger partial charge in [0, 0.05) is 17.0 Å². The van der Waals surface area contributed by atoms with E-state index < -0.39 is 0 Å². The summed E-state index contributed by atoms with van der Waals surface area (Å²) in [6, 6.07) is 12.2. The summed E-state index contributed by atoms with van der Waals surface area (Å²) in [7, 11) is 0. The lowest BCUT2D eigenvalue weighted by Gasteiger charge is -2.13. The third-order valence-corrected chi connectivity index (χ3v) is 3.44. The lowest BCUT2D eigenvalue weighted by molar-refractivity contribution is 0.272. The van der Waals surface area contributed by atoms with E-state index in [9.17, 15) is 0 Å². The Hall–Kier alpha value is -1.48. The minimum Gasteiger partial charge on any atom is -0.493 e. The summed E-state index contributed by atoms with van der Waals surface area (Å²) >= 11 is 4.31. The fourth-order valence-corrected chi connectivity index (χ4v) is 2.30. The summed E-state index contributed by atoms with van der Waals surface area (Å²) in [6.07, 6.45) is 0. The van der Waals surface area contributed by atoms with Crippen molar-refractivity contribution in [3.63, 3.8) is 0 Å². The van der Waals surface area contributed by atoms with Crippen LogP contribution in [-0.4, -0.2) is 11.6 Å². The second-order valence-electron chi connectivity index (χ2n) is 5.30. The van der Waals surface area contributed by atoms with Crippen molar-refractivity contribution < 1.29 is 4.74 Å². The number of ether oxygens (including phenoxy) is 1. The van der Waals surface area contributed by atoms with E-state index in [0.717, 1.165) is 28.3 Å². The van der Waals surface area contributed by atoms with Crippen molar-refractivity contribution in [1.29, 1.82) is 0 Å². The summed E-state index contributed by atoms with van der Waals surface area (Å²) in [5, 5.41) is 0. The zero-order valence-electron chi connectivity index (χ0n) is 12.3. The predicted molar refractivity (Wildman–Crippen MR) is 87.4 cm³/mol. The Morgan fingerprint density at radius 3 is 2.55 bits per heavy atom. The number of hydrogen-bond acceptors (Lipinski definition) is 3. The van der Waals surface area contributed by atoms with E-state index in [4.69, 9.17) is 4.74 Å². The molecule has 1 heterocycles. The Morgan fingerprint density at radius 2 is 1.90 bits per heavy atom. The molecule has 0 aliphatic heterocycles. The van der Waals surface area contributed by atoms with E-state index >= 15 is 0 Å². The second kappa shape index (κ2) is 6.80. The van der Waals surface area contributed by atoms with Crippen LogP contribution in [0, 0.1) is 12.8 Å². The van der Waals surface area contributed by atoms with Crippen LogP contribution in [0.4, 0.5) is 0 Å². The van der Waals surface area contributed by atoms with E-state index in [2.05, 4.69) is 43.6 Å². The lowest BCUT2D eigenvalue weighted by atomic mass is 10.1. The van der Waals surface area contributed by atoms with Gasteiger partial charge < -0.3 is 4.74 Å². The molecule has 0 bridgehead atoms. The van der Waals surface area contributed by atoms with Crippen molar-refractivity contribution in [1.82, 2.24) is 4.98 Å². The van der Waals surface area contributed by atoms with E-state index in [1.807, 2.05) is 31.2 Å². The Balaban J connectivity index is 2.34. The van der Waals surface area contributed by atoms with Gasteiger partial charge in [-0.1, -0.05) is 32.0 Å². The number of rotatable bonds is 5. The van der Waals surface area contributed by atoms with Crippen LogP contribution in [0.15, 0.2) is 36.4 Å². The zero-order chi connectivity index (χ0) is 14.5. The van der Waals surface area contributed by atoms with E-state index in [0.29, 0.717) is 18.3 Å². The number of benzene rings is 1. The van der Waals surface area contributed by atoms with Gasteiger partial charge in [-0.05, 0) is 36.6 Å². The molecule has 1 aromatic heterocycles. The first-order valence-corrected chi connectivity index (χ1v) is 7.54. The van der Waals surface area contributed by atoms with Gasteiger partial charge in [-0.15, -0.1) is 0 Å². The van der Waals surface area contributed by atoms with Crippen LogP contribution in [0.5, 0.6) is 5.75 Å². The molecule has 0 fully saturated rings. The van der Waals surface area contributed by atoms with Crippen LogP contribution >= 0.6 is 12.6 Å². The maximum Gasteiger partial charge on any atom is 0.128 e. The van der Waals surface area contributed by atoms with Gasteiger partial charge in [0.05, 0.1) is 12.3 Å². The third kappa shape index (κ3) is 3.54. The van der Waals surface area contributed by atoms with Gasteiger partial charge in [-0.25, -0.2) is 0 Å². The van der Waals surface area contributed by atoms with Gasteiger partial charge in [0.25, 0.3) is 0 Å². The minimum atomic E-state index is 0.504. The second-order valence-corrected chi connectivity index (χ2v) is 5.62. The summed E-state index contributed by atoms with van der Waals surface area (Å²) < 4.78 is 5.89. The van der Waals surface area contributed by atoms with Gasteiger partial charge in [0.2, 0.25) is 0 Å². The minimum absolute atomic E-state index is 0.504. The Bertz CT molecular complexity index is 581. The van der Waals surface area contributed by atoms with Crippen LogP contribution in [0.2, 0.25) is 0 Å². The van der Waals surface area contributed by atoms with Crippen LogP contribution in [0.25, 0.3) is 11.3 Å². The number of thiol groups is 1. The smallest absolute Gasteiger partial charge is 0.128 e.